The lowest BCUT2D eigenvalue weighted by atomic mass is 10.0. The average molecular weight is 383 g/mol. The van der Waals surface area contributed by atoms with Gasteiger partial charge >= 0.3 is 0 Å². The monoisotopic (exact) mass is 382 g/mol. The Bertz CT molecular complexity index is 652. The number of aldehydes is 1. The maximum absolute atomic E-state index is 10.9. The Kier molecular flexibility index (Phi) is 7.57. The smallest absolute Gasteiger partial charge is 0.261 e. The molecule has 0 saturated heterocycles. The first-order chi connectivity index (χ1) is 12.8. The van der Waals surface area contributed by atoms with Gasteiger partial charge in [-0.2, -0.15) is 0 Å². The molecule has 2 atom stereocenters. The number of rotatable bonds is 9. The summed E-state index contributed by atoms with van der Waals surface area (Å²) in [6, 6.07) is 21.5. The molecule has 0 bridgehead atoms. The zero-order valence-electron chi connectivity index (χ0n) is 17.4. The maximum atomic E-state index is 10.9. The molecule has 0 amide bonds. The molecular formula is C24H34O2Si. The Morgan fingerprint density at radius 3 is 1.78 bits per heavy atom. The van der Waals surface area contributed by atoms with Crippen LogP contribution in [0.1, 0.15) is 53.9 Å². The summed E-state index contributed by atoms with van der Waals surface area (Å²) in [6.45, 7) is 11.1. The number of carbonyl (C=O) groups is 1. The van der Waals surface area contributed by atoms with Gasteiger partial charge in [-0.3, -0.25) is 0 Å². The summed E-state index contributed by atoms with van der Waals surface area (Å²) in [5.74, 6) is 0.130. The molecule has 146 valence electrons. The predicted molar refractivity (Wildman–Crippen MR) is 117 cm³/mol. The zero-order valence-corrected chi connectivity index (χ0v) is 18.4. The number of hydrogen-bond donors (Lipinski definition) is 0. The Hall–Kier alpha value is -1.71. The Labute approximate surface area is 166 Å². The minimum absolute atomic E-state index is 0.0000542. The molecule has 2 aromatic rings. The molecule has 0 radical (unpaired) electrons. The van der Waals surface area contributed by atoms with E-state index in [1.807, 2.05) is 6.92 Å². The number of benzene rings is 2. The van der Waals surface area contributed by atoms with E-state index in [-0.39, 0.29) is 17.1 Å². The third kappa shape index (κ3) is 5.17. The van der Waals surface area contributed by atoms with Gasteiger partial charge in [0.2, 0.25) is 0 Å². The molecule has 0 unspecified atom stereocenters. The van der Waals surface area contributed by atoms with Gasteiger partial charge in [0.1, 0.15) is 6.29 Å². The van der Waals surface area contributed by atoms with Crippen molar-refractivity contribution in [3.8, 4) is 0 Å². The molecule has 0 saturated carbocycles. The predicted octanol–water partition coefficient (Wildman–Crippen LogP) is 4.96. The van der Waals surface area contributed by atoms with Gasteiger partial charge in [0.15, 0.2) is 0 Å². The van der Waals surface area contributed by atoms with Crippen molar-refractivity contribution in [3.63, 3.8) is 0 Å². The summed E-state index contributed by atoms with van der Waals surface area (Å²) in [6.07, 6.45) is 4.11. The van der Waals surface area contributed by atoms with Gasteiger partial charge in [-0.15, -0.1) is 0 Å². The normalized spacial score (nSPS) is 14.6. The Morgan fingerprint density at radius 1 is 0.889 bits per heavy atom. The van der Waals surface area contributed by atoms with E-state index >= 15 is 0 Å². The second-order valence-electron chi connectivity index (χ2n) is 8.64. The van der Waals surface area contributed by atoms with Crippen LogP contribution in [0.25, 0.3) is 0 Å². The van der Waals surface area contributed by atoms with Crippen molar-refractivity contribution >= 4 is 25.0 Å². The molecule has 0 aliphatic rings. The molecule has 0 spiro atoms. The van der Waals surface area contributed by atoms with E-state index in [9.17, 15) is 4.79 Å². The summed E-state index contributed by atoms with van der Waals surface area (Å²) in [7, 11) is -2.47. The zero-order chi connectivity index (χ0) is 19.9. The molecule has 0 aliphatic carbocycles. The van der Waals surface area contributed by atoms with Crippen LogP contribution in [0.3, 0.4) is 0 Å². The van der Waals surface area contributed by atoms with E-state index in [1.54, 1.807) is 0 Å². The van der Waals surface area contributed by atoms with E-state index in [4.69, 9.17) is 4.43 Å². The van der Waals surface area contributed by atoms with Crippen LogP contribution in [-0.2, 0) is 9.22 Å². The highest BCUT2D eigenvalue weighted by Gasteiger charge is 2.50. The van der Waals surface area contributed by atoms with Crippen LogP contribution in [0.2, 0.25) is 5.04 Å². The molecule has 2 nitrogen and oxygen atoms in total. The summed E-state index contributed by atoms with van der Waals surface area (Å²) in [5.41, 5.74) is 0. The summed E-state index contributed by atoms with van der Waals surface area (Å²) in [4.78, 5) is 10.9. The largest absolute Gasteiger partial charge is 0.405 e. The van der Waals surface area contributed by atoms with Gasteiger partial charge in [-0.25, -0.2) is 0 Å². The standard InChI is InChI=1S/C24H34O2Si/c1-20(19-25)13-12-14-21(2)26-27(24(3,4)5,22-15-8-6-9-16-22)23-17-10-7-11-18-23/h6-11,15-21H,12-14H2,1-5H3/t20-,21-/m0/s1. The van der Waals surface area contributed by atoms with Crippen LogP contribution < -0.4 is 10.4 Å². The van der Waals surface area contributed by atoms with Gasteiger partial charge in [0, 0.05) is 12.0 Å². The van der Waals surface area contributed by atoms with Crippen molar-refractivity contribution in [3.05, 3.63) is 60.7 Å². The molecule has 2 rings (SSSR count). The third-order valence-electron chi connectivity index (χ3n) is 5.30. The summed E-state index contributed by atoms with van der Waals surface area (Å²) >= 11 is 0. The highest BCUT2D eigenvalue weighted by Crippen LogP contribution is 2.37. The van der Waals surface area contributed by atoms with Gasteiger partial charge < -0.3 is 9.22 Å². The quantitative estimate of drug-likeness (QED) is 0.453. The second kappa shape index (κ2) is 9.47. The minimum atomic E-state index is -2.47. The van der Waals surface area contributed by atoms with Crippen LogP contribution in [0.15, 0.2) is 60.7 Å². The fourth-order valence-corrected chi connectivity index (χ4v) is 8.58. The van der Waals surface area contributed by atoms with Crippen molar-refractivity contribution in [2.45, 2.75) is 65.0 Å². The van der Waals surface area contributed by atoms with Crippen molar-refractivity contribution in [2.24, 2.45) is 5.92 Å². The second-order valence-corrected chi connectivity index (χ2v) is 12.9. The van der Waals surface area contributed by atoms with Crippen LogP contribution in [0, 0.1) is 5.92 Å². The molecule has 0 N–H and O–H groups in total. The molecule has 0 heterocycles. The molecular weight excluding hydrogens is 348 g/mol. The minimum Gasteiger partial charge on any atom is -0.405 e. The van der Waals surface area contributed by atoms with E-state index in [1.165, 1.54) is 10.4 Å². The van der Waals surface area contributed by atoms with Gasteiger partial charge in [0.05, 0.1) is 0 Å². The SMILES string of the molecule is C[C@H](C=O)CCC[C@H](C)O[Si](c1ccccc1)(c1ccccc1)C(C)(C)C. The van der Waals surface area contributed by atoms with E-state index < -0.39 is 8.32 Å². The fraction of sp³-hybridized carbons (Fsp3) is 0.458. The van der Waals surface area contributed by atoms with Gasteiger partial charge in [0.25, 0.3) is 8.32 Å². The molecule has 0 aromatic heterocycles. The lowest BCUT2D eigenvalue weighted by Crippen LogP contribution is -2.67. The van der Waals surface area contributed by atoms with Crippen LogP contribution in [0.4, 0.5) is 0 Å². The first-order valence-electron chi connectivity index (χ1n) is 10.1. The van der Waals surface area contributed by atoms with Crippen molar-refractivity contribution in [1.82, 2.24) is 0 Å². The van der Waals surface area contributed by atoms with Crippen LogP contribution >= 0.6 is 0 Å². The first kappa shape index (κ1) is 21.6. The molecule has 0 fully saturated rings. The fourth-order valence-electron chi connectivity index (χ4n) is 3.85. The molecule has 27 heavy (non-hydrogen) atoms. The van der Waals surface area contributed by atoms with Crippen molar-refractivity contribution in [2.75, 3.05) is 0 Å². The van der Waals surface area contributed by atoms with E-state index in [0.29, 0.717) is 0 Å². The van der Waals surface area contributed by atoms with Crippen molar-refractivity contribution in [1.29, 1.82) is 0 Å². The van der Waals surface area contributed by atoms with Gasteiger partial charge in [-0.1, -0.05) is 94.8 Å². The first-order valence-corrected chi connectivity index (χ1v) is 12.0. The highest BCUT2D eigenvalue weighted by molar-refractivity contribution is 6.99. The third-order valence-corrected chi connectivity index (χ3v) is 10.5. The Morgan fingerprint density at radius 2 is 1.37 bits per heavy atom. The molecule has 0 aliphatic heterocycles. The van der Waals surface area contributed by atoms with Crippen LogP contribution in [0.5, 0.6) is 0 Å². The number of hydrogen-bond acceptors (Lipinski definition) is 2. The number of carbonyl (C=O) groups excluding carboxylic acids is 1. The maximum Gasteiger partial charge on any atom is 0.261 e. The topological polar surface area (TPSA) is 26.3 Å². The van der Waals surface area contributed by atoms with E-state index in [2.05, 4.69) is 88.4 Å². The average Bonchev–Trinajstić information content (AvgIpc) is 2.66. The highest BCUT2D eigenvalue weighted by atomic mass is 28.4. The molecule has 2 aromatic carbocycles. The summed E-state index contributed by atoms with van der Waals surface area (Å²) < 4.78 is 7.04. The lowest BCUT2D eigenvalue weighted by molar-refractivity contribution is -0.110. The molecule has 3 heteroatoms. The Balaban J connectivity index is 2.39. The van der Waals surface area contributed by atoms with E-state index in [0.717, 1.165) is 25.5 Å². The van der Waals surface area contributed by atoms with Crippen LogP contribution in [-0.4, -0.2) is 20.7 Å². The lowest BCUT2D eigenvalue weighted by Gasteiger charge is -2.44. The van der Waals surface area contributed by atoms with Gasteiger partial charge in [-0.05, 0) is 35.2 Å². The van der Waals surface area contributed by atoms with Crippen molar-refractivity contribution < 1.29 is 9.22 Å². The summed E-state index contributed by atoms with van der Waals surface area (Å²) in [5, 5.41) is 2.63.